The van der Waals surface area contributed by atoms with Crippen molar-refractivity contribution in [1.29, 1.82) is 0 Å². The Kier molecular flexibility index (Phi) is 9.63. The SMILES string of the molecule is CCOC(=O)CCc1cc2ccoc2c(OCCNC2CCCC2)c1O[C@@H]1O[C@H](CO)[C@@H](O)[C@H](O)[C@H]1O. The van der Waals surface area contributed by atoms with E-state index in [2.05, 4.69) is 5.32 Å². The number of aryl methyl sites for hydroxylation is 1. The number of fused-ring (bicyclic) bond motifs is 1. The normalized spacial score (nSPS) is 26.5. The van der Waals surface area contributed by atoms with Gasteiger partial charge in [-0.1, -0.05) is 12.8 Å². The lowest BCUT2D eigenvalue weighted by Gasteiger charge is -2.39. The van der Waals surface area contributed by atoms with Crippen LogP contribution >= 0.6 is 0 Å². The summed E-state index contributed by atoms with van der Waals surface area (Å²) in [5.74, 6) is 0.0697. The van der Waals surface area contributed by atoms with Crippen molar-refractivity contribution < 1.29 is 48.6 Å². The van der Waals surface area contributed by atoms with Gasteiger partial charge >= 0.3 is 5.97 Å². The van der Waals surface area contributed by atoms with E-state index >= 15 is 0 Å². The van der Waals surface area contributed by atoms with Crippen molar-refractivity contribution in [3.63, 3.8) is 0 Å². The number of esters is 1. The summed E-state index contributed by atoms with van der Waals surface area (Å²) >= 11 is 0. The first-order valence-electron chi connectivity index (χ1n) is 12.9. The average Bonchev–Trinajstić information content (AvgIpc) is 3.58. The van der Waals surface area contributed by atoms with E-state index in [-0.39, 0.29) is 36.9 Å². The van der Waals surface area contributed by atoms with Crippen LogP contribution in [0.2, 0.25) is 0 Å². The standard InChI is InChI=1S/C26H37NO10/c1-2-33-19(29)8-7-15-13-16-9-11-34-23(16)25(35-12-10-27-17-5-3-4-6-17)24(15)37-26-22(32)21(31)20(30)18(14-28)36-26/h9,11,13,17-18,20-22,26-28,30-32H,2-8,10,12,14H2,1H3/t18-,20-,21+,22-,26+/m1/s1. The maximum absolute atomic E-state index is 12.1. The molecule has 5 N–H and O–H groups in total. The molecule has 11 nitrogen and oxygen atoms in total. The van der Waals surface area contributed by atoms with Gasteiger partial charge < -0.3 is 49.1 Å². The summed E-state index contributed by atoms with van der Waals surface area (Å²) in [6, 6.07) is 4.03. The van der Waals surface area contributed by atoms with Gasteiger partial charge in [-0.25, -0.2) is 0 Å². The van der Waals surface area contributed by atoms with Crippen molar-refractivity contribution in [2.24, 2.45) is 0 Å². The molecule has 2 aromatic rings. The van der Waals surface area contributed by atoms with Crippen molar-refractivity contribution >= 4 is 16.9 Å². The third-order valence-corrected chi connectivity index (χ3v) is 6.85. The lowest BCUT2D eigenvalue weighted by Crippen LogP contribution is -2.60. The summed E-state index contributed by atoms with van der Waals surface area (Å²) in [6.07, 6.45) is -0.777. The Morgan fingerprint density at radius 1 is 1.14 bits per heavy atom. The molecule has 0 spiro atoms. The van der Waals surface area contributed by atoms with Gasteiger partial charge in [-0.3, -0.25) is 4.79 Å². The summed E-state index contributed by atoms with van der Waals surface area (Å²) in [4.78, 5) is 12.1. The first-order valence-corrected chi connectivity index (χ1v) is 12.9. The second kappa shape index (κ2) is 12.9. The van der Waals surface area contributed by atoms with Crippen LogP contribution in [0.5, 0.6) is 11.5 Å². The summed E-state index contributed by atoms with van der Waals surface area (Å²) in [7, 11) is 0. The monoisotopic (exact) mass is 523 g/mol. The van der Waals surface area contributed by atoms with Gasteiger partial charge in [0.15, 0.2) is 11.3 Å². The van der Waals surface area contributed by atoms with Crippen LogP contribution in [0.3, 0.4) is 0 Å². The van der Waals surface area contributed by atoms with Crippen molar-refractivity contribution in [1.82, 2.24) is 5.32 Å². The van der Waals surface area contributed by atoms with Crippen LogP contribution in [0.1, 0.15) is 44.6 Å². The number of nitrogens with one attached hydrogen (secondary N) is 1. The third-order valence-electron chi connectivity index (χ3n) is 6.85. The van der Waals surface area contributed by atoms with E-state index in [0.717, 1.165) is 18.2 Å². The number of carbonyl (C=O) groups excluding carboxylic acids is 1. The molecule has 11 heteroatoms. The van der Waals surface area contributed by atoms with Gasteiger partial charge in [0.2, 0.25) is 12.0 Å². The number of hydrogen-bond donors (Lipinski definition) is 5. The number of aliphatic hydroxyl groups is 4. The summed E-state index contributed by atoms with van der Waals surface area (Å²) in [5, 5.41) is 44.7. The van der Waals surface area contributed by atoms with Gasteiger partial charge in [-0.2, -0.15) is 0 Å². The molecule has 0 unspecified atom stereocenters. The maximum Gasteiger partial charge on any atom is 0.306 e. The highest BCUT2D eigenvalue weighted by atomic mass is 16.7. The van der Waals surface area contributed by atoms with Crippen LogP contribution in [0.4, 0.5) is 0 Å². The van der Waals surface area contributed by atoms with Crippen LogP contribution < -0.4 is 14.8 Å². The number of benzene rings is 1. The highest BCUT2D eigenvalue weighted by Crippen LogP contribution is 2.42. The number of furan rings is 1. The Hall–Kier alpha value is -2.41. The first-order chi connectivity index (χ1) is 17.9. The lowest BCUT2D eigenvalue weighted by molar-refractivity contribution is -0.277. The molecule has 0 amide bonds. The molecule has 5 atom stereocenters. The van der Waals surface area contributed by atoms with Gasteiger partial charge in [0.1, 0.15) is 31.0 Å². The van der Waals surface area contributed by atoms with Crippen LogP contribution in [-0.4, -0.2) is 89.5 Å². The molecule has 1 saturated heterocycles. The molecule has 1 aromatic heterocycles. The van der Waals surface area contributed by atoms with Crippen molar-refractivity contribution in [3.05, 3.63) is 24.0 Å². The lowest BCUT2D eigenvalue weighted by atomic mass is 9.99. The molecular weight excluding hydrogens is 486 g/mol. The largest absolute Gasteiger partial charge is 0.485 e. The van der Waals surface area contributed by atoms with E-state index in [1.54, 1.807) is 19.1 Å². The number of rotatable bonds is 12. The molecule has 1 aromatic carbocycles. The van der Waals surface area contributed by atoms with Gasteiger partial charge in [0.25, 0.3) is 0 Å². The van der Waals surface area contributed by atoms with Gasteiger partial charge in [0.05, 0.1) is 19.5 Å². The van der Waals surface area contributed by atoms with Gasteiger partial charge in [0, 0.05) is 24.4 Å². The quantitative estimate of drug-likeness (QED) is 0.200. The second-order valence-corrected chi connectivity index (χ2v) is 9.44. The molecule has 1 aliphatic heterocycles. The van der Waals surface area contributed by atoms with Crippen molar-refractivity contribution in [2.45, 2.75) is 82.2 Å². The Morgan fingerprint density at radius 3 is 2.65 bits per heavy atom. The number of carbonyl (C=O) groups is 1. The van der Waals surface area contributed by atoms with E-state index in [1.807, 2.05) is 0 Å². The van der Waals surface area contributed by atoms with Crippen molar-refractivity contribution in [2.75, 3.05) is 26.4 Å². The Labute approximate surface area is 215 Å². The molecular formula is C26H37NO10. The van der Waals surface area contributed by atoms with Crippen LogP contribution in [0, 0.1) is 0 Å². The average molecular weight is 524 g/mol. The van der Waals surface area contributed by atoms with E-state index in [1.165, 1.54) is 19.1 Å². The van der Waals surface area contributed by atoms with E-state index < -0.39 is 37.3 Å². The van der Waals surface area contributed by atoms with Crippen LogP contribution in [0.25, 0.3) is 11.0 Å². The smallest absolute Gasteiger partial charge is 0.306 e. The molecule has 1 aliphatic carbocycles. The van der Waals surface area contributed by atoms with Gasteiger partial charge in [-0.15, -0.1) is 0 Å². The van der Waals surface area contributed by atoms with E-state index in [4.69, 9.17) is 23.4 Å². The topological polar surface area (TPSA) is 160 Å². The Bertz CT molecular complexity index is 1020. The molecule has 0 bridgehead atoms. The fourth-order valence-electron chi connectivity index (χ4n) is 4.86. The highest BCUT2D eigenvalue weighted by molar-refractivity contribution is 5.87. The third kappa shape index (κ3) is 6.54. The first kappa shape index (κ1) is 27.6. The van der Waals surface area contributed by atoms with E-state index in [9.17, 15) is 25.2 Å². The zero-order valence-electron chi connectivity index (χ0n) is 21.0. The minimum atomic E-state index is -1.61. The van der Waals surface area contributed by atoms with E-state index in [0.29, 0.717) is 30.3 Å². The molecule has 37 heavy (non-hydrogen) atoms. The minimum absolute atomic E-state index is 0.0743. The molecule has 206 valence electrons. The number of hydrogen-bond acceptors (Lipinski definition) is 11. The Balaban J connectivity index is 1.61. The molecule has 2 fully saturated rings. The molecule has 4 rings (SSSR count). The zero-order valence-corrected chi connectivity index (χ0v) is 21.0. The minimum Gasteiger partial charge on any atom is -0.485 e. The Morgan fingerprint density at radius 2 is 1.92 bits per heavy atom. The summed E-state index contributed by atoms with van der Waals surface area (Å²) < 4.78 is 28.5. The summed E-state index contributed by atoms with van der Waals surface area (Å²) in [5.41, 5.74) is 0.998. The van der Waals surface area contributed by atoms with Crippen molar-refractivity contribution in [3.8, 4) is 11.5 Å². The molecule has 1 saturated carbocycles. The predicted molar refractivity (Wildman–Crippen MR) is 131 cm³/mol. The maximum atomic E-state index is 12.1. The molecule has 0 radical (unpaired) electrons. The number of aliphatic hydroxyl groups excluding tert-OH is 4. The van der Waals surface area contributed by atoms with Crippen LogP contribution in [-0.2, 0) is 20.7 Å². The predicted octanol–water partition coefficient (Wildman–Crippen LogP) is 1.02. The molecule has 2 aliphatic rings. The highest BCUT2D eigenvalue weighted by Gasteiger charge is 2.45. The fraction of sp³-hybridized carbons (Fsp3) is 0.654. The summed E-state index contributed by atoms with van der Waals surface area (Å²) in [6.45, 7) is 2.30. The zero-order chi connectivity index (χ0) is 26.4. The fourth-order valence-corrected chi connectivity index (χ4v) is 4.86. The molecule has 2 heterocycles. The number of ether oxygens (including phenoxy) is 4. The second-order valence-electron chi connectivity index (χ2n) is 9.44. The van der Waals surface area contributed by atoms with Gasteiger partial charge in [-0.05, 0) is 43.9 Å². The van der Waals surface area contributed by atoms with Crippen LogP contribution in [0.15, 0.2) is 22.8 Å².